The molecule has 1 N–H and O–H groups in total. The number of carbonyl (C=O) groups excluding carboxylic acids is 2. The summed E-state index contributed by atoms with van der Waals surface area (Å²) in [6.07, 6.45) is 1.07. The van der Waals surface area contributed by atoms with Crippen molar-refractivity contribution < 1.29 is 9.59 Å². The topological polar surface area (TPSA) is 49.4 Å². The first-order valence-corrected chi connectivity index (χ1v) is 11.3. The second-order valence-electron chi connectivity index (χ2n) is 8.58. The summed E-state index contributed by atoms with van der Waals surface area (Å²) < 4.78 is 0. The highest BCUT2D eigenvalue weighted by Gasteiger charge is 2.35. The Morgan fingerprint density at radius 3 is 2.19 bits per heavy atom. The van der Waals surface area contributed by atoms with Crippen LogP contribution in [-0.2, 0) is 9.59 Å². The van der Waals surface area contributed by atoms with E-state index in [0.29, 0.717) is 13.1 Å². The molecule has 0 aromatic heterocycles. The van der Waals surface area contributed by atoms with Gasteiger partial charge >= 0.3 is 0 Å². The number of amides is 2. The summed E-state index contributed by atoms with van der Waals surface area (Å²) in [5.74, 6) is -0.111. The van der Waals surface area contributed by atoms with Crippen LogP contribution in [0, 0.1) is 19.8 Å². The molecule has 0 aliphatic carbocycles. The third kappa shape index (κ3) is 4.75. The van der Waals surface area contributed by atoms with Crippen molar-refractivity contribution in [2.75, 3.05) is 18.0 Å². The zero-order valence-electron chi connectivity index (χ0n) is 18.8. The maximum atomic E-state index is 12.9. The van der Waals surface area contributed by atoms with Crippen molar-refractivity contribution in [2.45, 2.75) is 32.6 Å². The predicted molar refractivity (Wildman–Crippen MR) is 129 cm³/mol. The van der Waals surface area contributed by atoms with E-state index in [1.807, 2.05) is 44.2 Å². The molecule has 1 aliphatic heterocycles. The number of nitrogens with one attached hydrogen (secondary N) is 1. The quantitative estimate of drug-likeness (QED) is 0.578. The van der Waals surface area contributed by atoms with Gasteiger partial charge in [-0.3, -0.25) is 9.59 Å². The molecule has 1 heterocycles. The molecule has 4 heteroatoms. The highest BCUT2D eigenvalue weighted by Crippen LogP contribution is 2.30. The first-order chi connectivity index (χ1) is 15.5. The van der Waals surface area contributed by atoms with E-state index in [1.165, 1.54) is 11.1 Å². The van der Waals surface area contributed by atoms with Crippen molar-refractivity contribution in [3.05, 3.63) is 101 Å². The van der Waals surface area contributed by atoms with Crippen LogP contribution in [0.25, 0.3) is 0 Å². The van der Waals surface area contributed by atoms with Gasteiger partial charge in [-0.05, 0) is 48.6 Å². The summed E-state index contributed by atoms with van der Waals surface area (Å²) >= 11 is 0. The lowest BCUT2D eigenvalue weighted by Crippen LogP contribution is -2.34. The van der Waals surface area contributed by atoms with Gasteiger partial charge in [0, 0.05) is 31.1 Å². The van der Waals surface area contributed by atoms with Gasteiger partial charge in [0.05, 0.1) is 5.92 Å². The minimum atomic E-state index is -0.311. The van der Waals surface area contributed by atoms with E-state index in [2.05, 4.69) is 53.8 Å². The van der Waals surface area contributed by atoms with Gasteiger partial charge in [0.1, 0.15) is 0 Å². The SMILES string of the molecule is Cc1cccc(N2C[C@H](C(=O)NCCC(c3ccccc3)c3ccccc3)CC2=O)c1C. The zero-order chi connectivity index (χ0) is 22.5. The van der Waals surface area contributed by atoms with E-state index < -0.39 is 0 Å². The maximum Gasteiger partial charge on any atom is 0.227 e. The van der Waals surface area contributed by atoms with E-state index >= 15 is 0 Å². The van der Waals surface area contributed by atoms with Gasteiger partial charge in [0.2, 0.25) is 11.8 Å². The van der Waals surface area contributed by atoms with Crippen LogP contribution < -0.4 is 10.2 Å². The maximum absolute atomic E-state index is 12.9. The van der Waals surface area contributed by atoms with Crippen molar-refractivity contribution in [3.8, 4) is 0 Å². The monoisotopic (exact) mass is 426 g/mol. The van der Waals surface area contributed by atoms with Crippen LogP contribution in [0.5, 0.6) is 0 Å². The molecule has 0 saturated carbocycles. The number of hydrogen-bond donors (Lipinski definition) is 1. The second kappa shape index (κ2) is 9.82. The Labute approximate surface area is 190 Å². The van der Waals surface area contributed by atoms with Gasteiger partial charge in [0.25, 0.3) is 0 Å². The first-order valence-electron chi connectivity index (χ1n) is 11.3. The number of anilines is 1. The molecule has 3 aromatic rings. The Morgan fingerprint density at radius 2 is 1.56 bits per heavy atom. The lowest BCUT2D eigenvalue weighted by Gasteiger charge is -2.21. The van der Waals surface area contributed by atoms with Gasteiger partial charge < -0.3 is 10.2 Å². The standard InChI is InChI=1S/C28H30N2O2/c1-20-10-9-15-26(21(20)2)30-19-24(18-27(30)31)28(32)29-17-16-25(22-11-5-3-6-12-22)23-13-7-4-8-14-23/h3-15,24-25H,16-19H2,1-2H3,(H,29,32)/t24-/m1/s1. The van der Waals surface area contributed by atoms with Crippen molar-refractivity contribution in [2.24, 2.45) is 5.92 Å². The molecular formula is C28H30N2O2. The second-order valence-corrected chi connectivity index (χ2v) is 8.58. The Kier molecular flexibility index (Phi) is 6.69. The summed E-state index contributed by atoms with van der Waals surface area (Å²) in [7, 11) is 0. The molecule has 2 amide bonds. The largest absolute Gasteiger partial charge is 0.356 e. The number of hydrogen-bond acceptors (Lipinski definition) is 2. The van der Waals surface area contributed by atoms with E-state index in [0.717, 1.165) is 23.2 Å². The highest BCUT2D eigenvalue weighted by molar-refractivity contribution is 6.00. The van der Waals surface area contributed by atoms with Gasteiger partial charge in [-0.2, -0.15) is 0 Å². The van der Waals surface area contributed by atoms with Gasteiger partial charge in [-0.15, -0.1) is 0 Å². The number of aryl methyl sites for hydroxylation is 1. The van der Waals surface area contributed by atoms with Crippen LogP contribution in [0.3, 0.4) is 0 Å². The molecule has 4 nitrogen and oxygen atoms in total. The first kappa shape index (κ1) is 21.8. The Hall–Kier alpha value is -3.40. The minimum Gasteiger partial charge on any atom is -0.356 e. The average Bonchev–Trinajstić information content (AvgIpc) is 3.21. The lowest BCUT2D eigenvalue weighted by atomic mass is 9.88. The summed E-state index contributed by atoms with van der Waals surface area (Å²) in [6.45, 7) is 5.08. The zero-order valence-corrected chi connectivity index (χ0v) is 18.8. The number of nitrogens with zero attached hydrogens (tertiary/aromatic N) is 1. The molecule has 3 aromatic carbocycles. The van der Waals surface area contributed by atoms with Gasteiger partial charge in [-0.1, -0.05) is 72.8 Å². The van der Waals surface area contributed by atoms with Crippen molar-refractivity contribution in [1.29, 1.82) is 0 Å². The minimum absolute atomic E-state index is 0.0188. The molecule has 1 saturated heterocycles. The van der Waals surface area contributed by atoms with Crippen molar-refractivity contribution in [1.82, 2.24) is 5.32 Å². The number of carbonyl (C=O) groups is 2. The summed E-state index contributed by atoms with van der Waals surface area (Å²) in [5.41, 5.74) is 5.64. The third-order valence-electron chi connectivity index (χ3n) is 6.50. The molecule has 0 spiro atoms. The number of rotatable bonds is 7. The molecule has 0 radical (unpaired) electrons. The van der Waals surface area contributed by atoms with Gasteiger partial charge in [-0.25, -0.2) is 0 Å². The summed E-state index contributed by atoms with van der Waals surface area (Å²) in [4.78, 5) is 27.3. The normalized spacial score (nSPS) is 15.9. The molecular weight excluding hydrogens is 396 g/mol. The molecule has 4 rings (SSSR count). The third-order valence-corrected chi connectivity index (χ3v) is 6.50. The van der Waals surface area contributed by atoms with Crippen molar-refractivity contribution >= 4 is 17.5 Å². The van der Waals surface area contributed by atoms with Crippen LogP contribution in [0.2, 0.25) is 0 Å². The molecule has 0 unspecified atom stereocenters. The Bertz CT molecular complexity index is 1040. The lowest BCUT2D eigenvalue weighted by molar-refractivity contribution is -0.126. The van der Waals surface area contributed by atoms with E-state index in [1.54, 1.807) is 4.90 Å². The fourth-order valence-electron chi connectivity index (χ4n) is 4.52. The molecule has 0 bridgehead atoms. The fourth-order valence-corrected chi connectivity index (χ4v) is 4.52. The molecule has 164 valence electrons. The molecule has 32 heavy (non-hydrogen) atoms. The number of benzene rings is 3. The van der Waals surface area contributed by atoms with Crippen LogP contribution in [0.4, 0.5) is 5.69 Å². The van der Waals surface area contributed by atoms with Crippen LogP contribution in [-0.4, -0.2) is 24.9 Å². The molecule has 1 atom stereocenters. The Balaban J connectivity index is 1.39. The smallest absolute Gasteiger partial charge is 0.227 e. The van der Waals surface area contributed by atoms with Crippen LogP contribution >= 0.6 is 0 Å². The summed E-state index contributed by atoms with van der Waals surface area (Å²) in [6, 6.07) is 26.8. The average molecular weight is 427 g/mol. The van der Waals surface area contributed by atoms with Gasteiger partial charge in [0.15, 0.2) is 0 Å². The predicted octanol–water partition coefficient (Wildman–Crippen LogP) is 4.99. The van der Waals surface area contributed by atoms with Crippen LogP contribution in [0.1, 0.15) is 41.0 Å². The fraction of sp³-hybridized carbons (Fsp3) is 0.286. The van der Waals surface area contributed by atoms with E-state index in [9.17, 15) is 9.59 Å². The van der Waals surface area contributed by atoms with Crippen molar-refractivity contribution in [3.63, 3.8) is 0 Å². The van der Waals surface area contributed by atoms with Crippen LogP contribution in [0.15, 0.2) is 78.9 Å². The highest BCUT2D eigenvalue weighted by atomic mass is 16.2. The Morgan fingerprint density at radius 1 is 0.938 bits per heavy atom. The molecule has 1 aliphatic rings. The van der Waals surface area contributed by atoms with E-state index in [4.69, 9.17) is 0 Å². The molecule has 1 fully saturated rings. The summed E-state index contributed by atoms with van der Waals surface area (Å²) in [5, 5.41) is 3.10. The van der Waals surface area contributed by atoms with E-state index in [-0.39, 0.29) is 30.1 Å².